The lowest BCUT2D eigenvalue weighted by molar-refractivity contribution is -0.263. The van der Waals surface area contributed by atoms with E-state index in [0.29, 0.717) is 0 Å². The minimum atomic E-state index is -1.49. The van der Waals surface area contributed by atoms with Crippen molar-refractivity contribution in [1.29, 1.82) is 0 Å². The average Bonchev–Trinajstić information content (AvgIpc) is 2.51. The predicted octanol–water partition coefficient (Wildman–Crippen LogP) is 2.98. The molecular formula is C14H18FN3O3. The Hall–Kier alpha value is -1.66. The molecule has 1 aromatic carbocycles. The molecule has 0 N–H and O–H groups in total. The molecule has 0 aliphatic carbocycles. The van der Waals surface area contributed by atoms with Gasteiger partial charge in [0.15, 0.2) is 6.29 Å². The third-order valence-electron chi connectivity index (χ3n) is 3.44. The Balaban J connectivity index is 2.08. The molecule has 2 rings (SSSR count). The summed E-state index contributed by atoms with van der Waals surface area (Å²) in [6, 6.07) is 8.48. The quantitative estimate of drug-likeness (QED) is 0.476. The van der Waals surface area contributed by atoms with E-state index in [2.05, 4.69) is 10.0 Å². The standard InChI is InChI=1S/C14H18FN3O3/c1-9-12(17-18-16)11(15)13(14(19-2)21-9)20-8-10-6-4-3-5-7-10/h3-7,9,11-14H,8H2,1-2H3/t9-,11+,12-,13-,14+/m1/s1. The number of azide groups is 1. The van der Waals surface area contributed by atoms with Crippen LogP contribution in [0.1, 0.15) is 12.5 Å². The lowest BCUT2D eigenvalue weighted by Gasteiger charge is -2.39. The van der Waals surface area contributed by atoms with Crippen molar-refractivity contribution in [2.75, 3.05) is 7.11 Å². The molecule has 1 saturated heterocycles. The van der Waals surface area contributed by atoms with E-state index in [0.717, 1.165) is 5.56 Å². The summed E-state index contributed by atoms with van der Waals surface area (Å²) < 4.78 is 30.8. The number of alkyl halides is 1. The van der Waals surface area contributed by atoms with E-state index in [-0.39, 0.29) is 6.61 Å². The van der Waals surface area contributed by atoms with Gasteiger partial charge in [0.1, 0.15) is 12.3 Å². The number of ether oxygens (including phenoxy) is 3. The fraction of sp³-hybridized carbons (Fsp3) is 0.571. The van der Waals surface area contributed by atoms with Crippen LogP contribution in [0.5, 0.6) is 0 Å². The molecule has 6 nitrogen and oxygen atoms in total. The number of methoxy groups -OCH3 is 1. The first-order chi connectivity index (χ1) is 10.2. The lowest BCUT2D eigenvalue weighted by Crippen LogP contribution is -2.55. The lowest BCUT2D eigenvalue weighted by atomic mass is 9.99. The minimum absolute atomic E-state index is 0.229. The highest BCUT2D eigenvalue weighted by Crippen LogP contribution is 2.29. The van der Waals surface area contributed by atoms with Gasteiger partial charge in [-0.2, -0.15) is 0 Å². The summed E-state index contributed by atoms with van der Waals surface area (Å²) in [6.45, 7) is 1.87. The normalized spacial score (nSPS) is 32.4. The third-order valence-corrected chi connectivity index (χ3v) is 3.44. The molecule has 1 aliphatic heterocycles. The number of halogens is 1. The number of nitrogens with zero attached hydrogens (tertiary/aromatic N) is 3. The predicted molar refractivity (Wildman–Crippen MR) is 74.2 cm³/mol. The Bertz CT molecular complexity index is 495. The topological polar surface area (TPSA) is 76.5 Å². The van der Waals surface area contributed by atoms with Gasteiger partial charge in [-0.25, -0.2) is 4.39 Å². The number of hydrogen-bond donors (Lipinski definition) is 0. The zero-order valence-electron chi connectivity index (χ0n) is 11.9. The van der Waals surface area contributed by atoms with Crippen molar-refractivity contribution in [1.82, 2.24) is 0 Å². The van der Waals surface area contributed by atoms with Gasteiger partial charge in [0.25, 0.3) is 0 Å². The van der Waals surface area contributed by atoms with Crippen LogP contribution in [0.2, 0.25) is 0 Å². The van der Waals surface area contributed by atoms with Crippen LogP contribution in [0.15, 0.2) is 35.4 Å². The number of rotatable bonds is 5. The monoisotopic (exact) mass is 295 g/mol. The maximum absolute atomic E-state index is 14.5. The summed E-state index contributed by atoms with van der Waals surface area (Å²) in [5.41, 5.74) is 9.45. The molecule has 0 aromatic heterocycles. The van der Waals surface area contributed by atoms with E-state index in [4.69, 9.17) is 19.7 Å². The Morgan fingerprint density at radius 1 is 1.38 bits per heavy atom. The van der Waals surface area contributed by atoms with Gasteiger partial charge in [-0.05, 0) is 18.0 Å². The van der Waals surface area contributed by atoms with E-state index in [1.807, 2.05) is 30.3 Å². The Kier molecular flexibility index (Phi) is 5.52. The second kappa shape index (κ2) is 7.38. The van der Waals surface area contributed by atoms with Crippen molar-refractivity contribution in [3.05, 3.63) is 46.3 Å². The minimum Gasteiger partial charge on any atom is -0.365 e. The van der Waals surface area contributed by atoms with Gasteiger partial charge in [-0.1, -0.05) is 35.4 Å². The molecule has 5 atom stereocenters. The highest BCUT2D eigenvalue weighted by molar-refractivity contribution is 5.13. The first-order valence-corrected chi connectivity index (χ1v) is 6.69. The van der Waals surface area contributed by atoms with Crippen molar-refractivity contribution in [2.24, 2.45) is 5.11 Å². The van der Waals surface area contributed by atoms with Gasteiger partial charge in [-0.3, -0.25) is 0 Å². The molecule has 7 heteroatoms. The van der Waals surface area contributed by atoms with Crippen LogP contribution in [0.4, 0.5) is 4.39 Å². The summed E-state index contributed by atoms with van der Waals surface area (Å²) in [6.07, 6.45) is -3.83. The molecule has 0 bridgehead atoms. The fourth-order valence-corrected chi connectivity index (χ4v) is 2.32. The van der Waals surface area contributed by atoms with E-state index in [1.54, 1.807) is 6.92 Å². The van der Waals surface area contributed by atoms with Gasteiger partial charge in [0.05, 0.1) is 18.8 Å². The summed E-state index contributed by atoms with van der Waals surface area (Å²) >= 11 is 0. The molecular weight excluding hydrogens is 277 g/mol. The van der Waals surface area contributed by atoms with Crippen LogP contribution in [-0.4, -0.2) is 37.8 Å². The molecule has 0 radical (unpaired) electrons. The Morgan fingerprint density at radius 2 is 2.10 bits per heavy atom. The third kappa shape index (κ3) is 3.71. The van der Waals surface area contributed by atoms with Crippen LogP contribution >= 0.6 is 0 Å². The number of benzene rings is 1. The average molecular weight is 295 g/mol. The van der Waals surface area contributed by atoms with Crippen LogP contribution in [0, 0.1) is 0 Å². The van der Waals surface area contributed by atoms with E-state index >= 15 is 0 Å². The maximum atomic E-state index is 14.5. The summed E-state index contributed by atoms with van der Waals surface area (Å²) in [7, 11) is 1.43. The van der Waals surface area contributed by atoms with Crippen molar-refractivity contribution in [2.45, 2.75) is 44.2 Å². The zero-order valence-corrected chi connectivity index (χ0v) is 11.9. The smallest absolute Gasteiger partial charge is 0.186 e. The second-order valence-corrected chi connectivity index (χ2v) is 4.85. The highest BCUT2D eigenvalue weighted by atomic mass is 19.1. The maximum Gasteiger partial charge on any atom is 0.186 e. The first-order valence-electron chi connectivity index (χ1n) is 6.69. The van der Waals surface area contributed by atoms with Gasteiger partial charge in [-0.15, -0.1) is 0 Å². The first kappa shape index (κ1) is 15.7. The SMILES string of the molecule is CO[C@H]1O[C@H](C)[C@@H](N=[N+]=[N-])[C@H](F)[C@H]1OCc1ccccc1. The highest BCUT2D eigenvalue weighted by Gasteiger charge is 2.45. The van der Waals surface area contributed by atoms with Crippen LogP contribution in [-0.2, 0) is 20.8 Å². The largest absolute Gasteiger partial charge is 0.365 e. The summed E-state index contributed by atoms with van der Waals surface area (Å²) in [5.74, 6) is 0. The van der Waals surface area contributed by atoms with Gasteiger partial charge in [0, 0.05) is 12.0 Å². The second-order valence-electron chi connectivity index (χ2n) is 4.85. The molecule has 0 amide bonds. The van der Waals surface area contributed by atoms with E-state index < -0.39 is 30.7 Å². The van der Waals surface area contributed by atoms with Crippen LogP contribution in [0.3, 0.4) is 0 Å². The van der Waals surface area contributed by atoms with Crippen molar-refractivity contribution in [3.63, 3.8) is 0 Å². The van der Waals surface area contributed by atoms with Gasteiger partial charge >= 0.3 is 0 Å². The van der Waals surface area contributed by atoms with Gasteiger partial charge < -0.3 is 14.2 Å². The van der Waals surface area contributed by atoms with Crippen molar-refractivity contribution in [3.8, 4) is 0 Å². The van der Waals surface area contributed by atoms with Crippen molar-refractivity contribution < 1.29 is 18.6 Å². The van der Waals surface area contributed by atoms with Crippen LogP contribution < -0.4 is 0 Å². The Morgan fingerprint density at radius 3 is 2.71 bits per heavy atom. The fourth-order valence-electron chi connectivity index (χ4n) is 2.32. The zero-order chi connectivity index (χ0) is 15.2. The summed E-state index contributed by atoms with van der Waals surface area (Å²) in [4.78, 5) is 2.67. The molecule has 0 saturated carbocycles. The molecule has 21 heavy (non-hydrogen) atoms. The Labute approximate surface area is 122 Å². The molecule has 0 unspecified atom stereocenters. The number of hydrogen-bond acceptors (Lipinski definition) is 4. The molecule has 114 valence electrons. The van der Waals surface area contributed by atoms with Crippen LogP contribution in [0.25, 0.3) is 10.4 Å². The molecule has 1 aromatic rings. The molecule has 1 aliphatic rings. The molecule has 1 heterocycles. The van der Waals surface area contributed by atoms with E-state index in [1.165, 1.54) is 7.11 Å². The van der Waals surface area contributed by atoms with E-state index in [9.17, 15) is 4.39 Å². The summed E-state index contributed by atoms with van der Waals surface area (Å²) in [5, 5.41) is 3.46. The molecule has 0 spiro atoms. The van der Waals surface area contributed by atoms with Crippen molar-refractivity contribution >= 4 is 0 Å². The molecule has 1 fully saturated rings. The van der Waals surface area contributed by atoms with Gasteiger partial charge in [0.2, 0.25) is 0 Å².